The van der Waals surface area contributed by atoms with Crippen LogP contribution in [0.2, 0.25) is 0 Å². The first-order valence-corrected chi connectivity index (χ1v) is 9.45. The zero-order chi connectivity index (χ0) is 23.0. The third kappa shape index (κ3) is 3.28. The largest absolute Gasteiger partial charge is 0.497 e. The fraction of sp³-hybridized carbons (Fsp3) is 0.0909. The third-order valence-electron chi connectivity index (χ3n) is 5.16. The van der Waals surface area contributed by atoms with Crippen molar-refractivity contribution in [3.63, 3.8) is 0 Å². The predicted octanol–water partition coefficient (Wildman–Crippen LogP) is 3.42. The van der Waals surface area contributed by atoms with Gasteiger partial charge in [-0.2, -0.15) is 0 Å². The number of hydrogen-bond donors (Lipinski definition) is 2. The summed E-state index contributed by atoms with van der Waals surface area (Å²) in [6.45, 7) is 1.63. The smallest absolute Gasteiger partial charge is 0.298 e. The van der Waals surface area contributed by atoms with E-state index in [0.717, 1.165) is 0 Å². The lowest BCUT2D eigenvalue weighted by molar-refractivity contribution is -0.384. The van der Waals surface area contributed by atoms with Crippen molar-refractivity contribution in [2.45, 2.75) is 6.92 Å². The standard InChI is InChI=1S/C22H18N4O6/c1-12-20(21(27)24-23)15-5-3-4-6-16(15)25(12)22(28)19-10-9-18(32-19)14-8-7-13(31-2)11-17(14)26(29)30/h3-11H,23H2,1-2H3,(H,24,27). The maximum atomic E-state index is 13.3. The van der Waals surface area contributed by atoms with Crippen LogP contribution < -0.4 is 16.0 Å². The van der Waals surface area contributed by atoms with Crippen molar-refractivity contribution in [2.24, 2.45) is 5.84 Å². The molecule has 0 aliphatic rings. The van der Waals surface area contributed by atoms with Crippen LogP contribution in [0.25, 0.3) is 22.2 Å². The van der Waals surface area contributed by atoms with Gasteiger partial charge < -0.3 is 9.15 Å². The van der Waals surface area contributed by atoms with Gasteiger partial charge in [-0.05, 0) is 37.3 Å². The number of nitrogen functional groups attached to an aromatic ring is 1. The van der Waals surface area contributed by atoms with Gasteiger partial charge in [0.05, 0.1) is 34.7 Å². The van der Waals surface area contributed by atoms with Crippen molar-refractivity contribution in [3.05, 3.63) is 81.7 Å². The number of rotatable bonds is 5. The Labute approximate surface area is 181 Å². The SMILES string of the molecule is COc1ccc(-c2ccc(C(=O)n3c(C)c(C(=O)NN)c4ccccc43)o2)c([N+](=O)[O-])c1. The topological polar surface area (TPSA) is 143 Å². The Balaban J connectivity index is 1.82. The molecule has 162 valence electrons. The van der Waals surface area contributed by atoms with Crippen molar-refractivity contribution < 1.29 is 23.7 Å². The van der Waals surface area contributed by atoms with Crippen LogP contribution in [0.1, 0.15) is 26.6 Å². The van der Waals surface area contributed by atoms with E-state index in [1.807, 2.05) is 0 Å². The summed E-state index contributed by atoms with van der Waals surface area (Å²) in [7, 11) is 1.41. The molecule has 2 heterocycles. The van der Waals surface area contributed by atoms with E-state index in [1.54, 1.807) is 37.3 Å². The number of aromatic nitrogens is 1. The quantitative estimate of drug-likeness (QED) is 0.212. The van der Waals surface area contributed by atoms with Crippen LogP contribution in [0, 0.1) is 17.0 Å². The van der Waals surface area contributed by atoms with E-state index >= 15 is 0 Å². The first kappa shape index (κ1) is 20.8. The van der Waals surface area contributed by atoms with Crippen molar-refractivity contribution >= 4 is 28.4 Å². The van der Waals surface area contributed by atoms with Gasteiger partial charge in [0.15, 0.2) is 5.76 Å². The van der Waals surface area contributed by atoms with E-state index in [9.17, 15) is 19.7 Å². The molecular weight excluding hydrogens is 416 g/mol. The lowest BCUT2D eigenvalue weighted by atomic mass is 10.1. The molecule has 2 aromatic carbocycles. The molecule has 0 fully saturated rings. The van der Waals surface area contributed by atoms with E-state index in [2.05, 4.69) is 5.43 Å². The normalized spacial score (nSPS) is 10.8. The molecule has 0 aliphatic carbocycles. The van der Waals surface area contributed by atoms with Gasteiger partial charge in [-0.25, -0.2) is 5.84 Å². The second kappa shape index (κ2) is 8.00. The molecule has 1 amide bonds. The minimum absolute atomic E-state index is 0.0475. The Morgan fingerprint density at radius 3 is 2.59 bits per heavy atom. The number of hydrogen-bond acceptors (Lipinski definition) is 7. The molecule has 0 bridgehead atoms. The monoisotopic (exact) mass is 434 g/mol. The summed E-state index contributed by atoms with van der Waals surface area (Å²) in [5, 5.41) is 12.1. The van der Waals surface area contributed by atoms with Gasteiger partial charge in [0.25, 0.3) is 17.5 Å². The van der Waals surface area contributed by atoms with Gasteiger partial charge in [-0.15, -0.1) is 0 Å². The van der Waals surface area contributed by atoms with Crippen LogP contribution in [0.15, 0.2) is 59.0 Å². The van der Waals surface area contributed by atoms with Gasteiger partial charge in [0, 0.05) is 11.1 Å². The first-order chi connectivity index (χ1) is 15.4. The predicted molar refractivity (Wildman–Crippen MR) is 115 cm³/mol. The fourth-order valence-corrected chi connectivity index (χ4v) is 3.69. The summed E-state index contributed by atoms with van der Waals surface area (Å²) in [4.78, 5) is 36.6. The zero-order valence-corrected chi connectivity index (χ0v) is 17.1. The van der Waals surface area contributed by atoms with Crippen LogP contribution in [-0.4, -0.2) is 28.4 Å². The van der Waals surface area contributed by atoms with E-state index in [0.29, 0.717) is 22.3 Å². The Hall–Kier alpha value is -4.44. The molecule has 10 heteroatoms. The second-order valence-electron chi connectivity index (χ2n) is 6.90. The number of ether oxygens (including phenoxy) is 1. The lowest BCUT2D eigenvalue weighted by Gasteiger charge is -2.06. The Morgan fingerprint density at radius 1 is 1.16 bits per heavy atom. The zero-order valence-electron chi connectivity index (χ0n) is 17.1. The average Bonchev–Trinajstić information content (AvgIpc) is 3.40. The molecule has 3 N–H and O–H groups in total. The Kier molecular flexibility index (Phi) is 5.21. The molecule has 0 saturated heterocycles. The van der Waals surface area contributed by atoms with E-state index in [1.165, 1.54) is 35.9 Å². The highest BCUT2D eigenvalue weighted by Crippen LogP contribution is 2.35. The Bertz CT molecular complexity index is 1380. The fourth-order valence-electron chi connectivity index (χ4n) is 3.69. The number of hydrazine groups is 1. The van der Waals surface area contributed by atoms with Crippen molar-refractivity contribution in [1.29, 1.82) is 0 Å². The third-order valence-corrected chi connectivity index (χ3v) is 5.16. The number of furan rings is 1. The number of carbonyl (C=O) groups is 2. The van der Waals surface area contributed by atoms with Gasteiger partial charge in [0.2, 0.25) is 0 Å². The summed E-state index contributed by atoms with van der Waals surface area (Å²) in [6, 6.07) is 14.1. The molecule has 10 nitrogen and oxygen atoms in total. The summed E-state index contributed by atoms with van der Waals surface area (Å²) >= 11 is 0. The molecule has 0 unspecified atom stereocenters. The van der Waals surface area contributed by atoms with Crippen molar-refractivity contribution in [1.82, 2.24) is 9.99 Å². The molecule has 0 spiro atoms. The molecule has 2 aromatic heterocycles. The molecule has 32 heavy (non-hydrogen) atoms. The molecular formula is C22H18N4O6. The summed E-state index contributed by atoms with van der Waals surface area (Å²) in [5.74, 6) is 4.68. The number of benzene rings is 2. The molecule has 4 aromatic rings. The number of fused-ring (bicyclic) bond motifs is 1. The van der Waals surface area contributed by atoms with Crippen LogP contribution in [-0.2, 0) is 0 Å². The second-order valence-corrected chi connectivity index (χ2v) is 6.90. The molecule has 0 aliphatic heterocycles. The number of methoxy groups -OCH3 is 1. The van der Waals surface area contributed by atoms with Crippen LogP contribution in [0.5, 0.6) is 5.75 Å². The van der Waals surface area contributed by atoms with Crippen molar-refractivity contribution in [2.75, 3.05) is 7.11 Å². The minimum Gasteiger partial charge on any atom is -0.497 e. The number of para-hydroxylation sites is 1. The van der Waals surface area contributed by atoms with Crippen LogP contribution in [0.4, 0.5) is 5.69 Å². The van der Waals surface area contributed by atoms with Crippen molar-refractivity contribution in [3.8, 4) is 17.1 Å². The average molecular weight is 434 g/mol. The summed E-state index contributed by atoms with van der Waals surface area (Å²) < 4.78 is 12.1. The maximum Gasteiger partial charge on any atom is 0.298 e. The first-order valence-electron chi connectivity index (χ1n) is 9.45. The maximum absolute atomic E-state index is 13.3. The van der Waals surface area contributed by atoms with Crippen LogP contribution >= 0.6 is 0 Å². The molecule has 0 saturated carbocycles. The number of nitrogens with one attached hydrogen (secondary N) is 1. The van der Waals surface area contributed by atoms with Gasteiger partial charge in [-0.3, -0.25) is 29.7 Å². The Morgan fingerprint density at radius 2 is 1.91 bits per heavy atom. The highest BCUT2D eigenvalue weighted by molar-refractivity contribution is 6.12. The number of nitro groups is 1. The highest BCUT2D eigenvalue weighted by atomic mass is 16.6. The molecule has 4 rings (SSSR count). The highest BCUT2D eigenvalue weighted by Gasteiger charge is 2.26. The summed E-state index contributed by atoms with van der Waals surface area (Å²) in [5.41, 5.74) is 3.23. The van der Waals surface area contributed by atoms with Gasteiger partial charge >= 0.3 is 0 Å². The number of nitrogens with two attached hydrogens (primary N) is 1. The number of carbonyl (C=O) groups excluding carboxylic acids is 2. The van der Waals surface area contributed by atoms with Gasteiger partial charge in [0.1, 0.15) is 11.5 Å². The van der Waals surface area contributed by atoms with Crippen LogP contribution in [0.3, 0.4) is 0 Å². The minimum atomic E-state index is -0.552. The number of amides is 1. The van der Waals surface area contributed by atoms with E-state index in [-0.39, 0.29) is 28.3 Å². The summed E-state index contributed by atoms with van der Waals surface area (Å²) in [6.07, 6.45) is 0. The van der Waals surface area contributed by atoms with E-state index in [4.69, 9.17) is 15.0 Å². The molecule has 0 atom stereocenters. The molecule has 0 radical (unpaired) electrons. The van der Waals surface area contributed by atoms with E-state index < -0.39 is 16.7 Å². The van der Waals surface area contributed by atoms with Gasteiger partial charge in [-0.1, -0.05) is 18.2 Å². The number of nitrogens with zero attached hydrogens (tertiary/aromatic N) is 2. The lowest BCUT2D eigenvalue weighted by Crippen LogP contribution is -2.30. The number of nitro benzene ring substituents is 1.